The van der Waals surface area contributed by atoms with Gasteiger partial charge in [0.15, 0.2) is 5.69 Å². The summed E-state index contributed by atoms with van der Waals surface area (Å²) in [5, 5.41) is 13.8. The molecule has 0 aliphatic carbocycles. The van der Waals surface area contributed by atoms with Crippen molar-refractivity contribution in [3.63, 3.8) is 0 Å². The van der Waals surface area contributed by atoms with Crippen molar-refractivity contribution in [2.75, 3.05) is 18.9 Å². The number of cyclic esters (lactones) is 1. The standard InChI is InChI=1S/C22H17N5O5S/c28-17(26-10-11-31-22(26)30)13-33-21-24-23-19(32-21)18-15-8-4-5-9-16(15)20(29)27(25-18)12-14-6-2-1-3-7-14/h1-9H,10-13H2. The molecule has 0 spiro atoms. The quantitative estimate of drug-likeness (QED) is 0.397. The van der Waals surface area contributed by atoms with Crippen molar-refractivity contribution >= 4 is 34.5 Å². The normalized spacial score (nSPS) is 13.5. The third-order valence-electron chi connectivity index (χ3n) is 5.03. The van der Waals surface area contributed by atoms with E-state index < -0.39 is 12.0 Å². The Morgan fingerprint density at radius 1 is 1.00 bits per heavy atom. The first-order chi connectivity index (χ1) is 16.1. The predicted octanol–water partition coefficient (Wildman–Crippen LogP) is 2.57. The Morgan fingerprint density at radius 2 is 1.76 bits per heavy atom. The molecule has 1 fully saturated rings. The molecule has 0 radical (unpaired) electrons. The molecule has 2 aromatic carbocycles. The second kappa shape index (κ2) is 8.87. The summed E-state index contributed by atoms with van der Waals surface area (Å²) in [5.74, 6) is -0.330. The molecule has 11 heteroatoms. The highest BCUT2D eigenvalue weighted by Gasteiger charge is 2.28. The van der Waals surface area contributed by atoms with Gasteiger partial charge in [0.1, 0.15) is 6.61 Å². The van der Waals surface area contributed by atoms with Gasteiger partial charge in [-0.15, -0.1) is 10.2 Å². The van der Waals surface area contributed by atoms with Gasteiger partial charge in [-0.05, 0) is 11.6 Å². The first kappa shape index (κ1) is 20.9. The summed E-state index contributed by atoms with van der Waals surface area (Å²) in [6.07, 6.45) is -0.650. The van der Waals surface area contributed by atoms with Gasteiger partial charge in [-0.25, -0.2) is 14.4 Å². The number of carbonyl (C=O) groups is 2. The molecule has 10 nitrogen and oxygen atoms in total. The molecule has 4 aromatic rings. The van der Waals surface area contributed by atoms with Crippen LogP contribution in [0.3, 0.4) is 0 Å². The molecular formula is C22H17N5O5S. The number of rotatable bonds is 6. The molecule has 2 amide bonds. The molecule has 1 aliphatic rings. The summed E-state index contributed by atoms with van der Waals surface area (Å²) in [7, 11) is 0. The molecule has 0 unspecified atom stereocenters. The van der Waals surface area contributed by atoms with Crippen molar-refractivity contribution < 1.29 is 18.7 Å². The Bertz CT molecular complexity index is 1400. The first-order valence-electron chi connectivity index (χ1n) is 10.1. The summed E-state index contributed by atoms with van der Waals surface area (Å²) < 4.78 is 11.9. The maximum Gasteiger partial charge on any atom is 0.416 e. The van der Waals surface area contributed by atoms with E-state index in [1.54, 1.807) is 24.3 Å². The number of thioether (sulfide) groups is 1. The third-order valence-corrected chi connectivity index (χ3v) is 5.84. The molecule has 0 atom stereocenters. The highest BCUT2D eigenvalue weighted by atomic mass is 32.2. The summed E-state index contributed by atoms with van der Waals surface area (Å²) >= 11 is 1.01. The number of aromatic nitrogens is 4. The van der Waals surface area contributed by atoms with E-state index in [9.17, 15) is 14.4 Å². The molecule has 166 valence electrons. The summed E-state index contributed by atoms with van der Waals surface area (Å²) in [5.41, 5.74) is 1.07. The zero-order valence-corrected chi connectivity index (χ0v) is 18.0. The average molecular weight is 463 g/mol. The topological polar surface area (TPSA) is 120 Å². The molecule has 0 bridgehead atoms. The van der Waals surface area contributed by atoms with Crippen molar-refractivity contribution in [3.05, 3.63) is 70.5 Å². The van der Waals surface area contributed by atoms with Crippen LogP contribution in [0.15, 0.2) is 69.0 Å². The monoisotopic (exact) mass is 463 g/mol. The number of carbonyl (C=O) groups excluding carboxylic acids is 2. The Balaban J connectivity index is 1.44. The SMILES string of the molecule is O=C(CSc1nnc(-c2nn(Cc3ccccc3)c(=O)c3ccccc23)o1)N1CCOC1=O. The van der Waals surface area contributed by atoms with Gasteiger partial charge in [0.2, 0.25) is 5.91 Å². The highest BCUT2D eigenvalue weighted by molar-refractivity contribution is 7.99. The van der Waals surface area contributed by atoms with Crippen LogP contribution in [0.25, 0.3) is 22.4 Å². The summed E-state index contributed by atoms with van der Waals surface area (Å²) in [6.45, 7) is 0.706. The predicted molar refractivity (Wildman–Crippen MR) is 119 cm³/mol. The first-order valence-corrected chi connectivity index (χ1v) is 11.1. The van der Waals surface area contributed by atoms with Gasteiger partial charge in [-0.2, -0.15) is 5.10 Å². The van der Waals surface area contributed by atoms with Crippen LogP contribution < -0.4 is 5.56 Å². The molecule has 33 heavy (non-hydrogen) atoms. The third kappa shape index (κ3) is 4.22. The Labute approximate surface area is 191 Å². The number of fused-ring (bicyclic) bond motifs is 1. The number of ether oxygens (including phenoxy) is 1. The van der Waals surface area contributed by atoms with Crippen LogP contribution in [0.2, 0.25) is 0 Å². The minimum atomic E-state index is -0.650. The Kier molecular flexibility index (Phi) is 5.61. The van der Waals surface area contributed by atoms with E-state index in [-0.39, 0.29) is 42.1 Å². The zero-order valence-electron chi connectivity index (χ0n) is 17.2. The van der Waals surface area contributed by atoms with Crippen LogP contribution in [-0.4, -0.2) is 55.8 Å². The number of imide groups is 1. The number of nitrogens with zero attached hydrogens (tertiary/aromatic N) is 5. The minimum Gasteiger partial charge on any atom is -0.447 e. The van der Waals surface area contributed by atoms with Gasteiger partial charge in [-0.1, -0.05) is 60.3 Å². The largest absolute Gasteiger partial charge is 0.447 e. The Hall–Kier alpha value is -3.99. The van der Waals surface area contributed by atoms with E-state index in [0.717, 1.165) is 22.2 Å². The molecule has 0 N–H and O–H groups in total. The Morgan fingerprint density at radius 3 is 2.52 bits per heavy atom. The maximum absolute atomic E-state index is 13.0. The second-order valence-electron chi connectivity index (χ2n) is 7.16. The molecule has 3 heterocycles. The molecule has 0 saturated carbocycles. The smallest absolute Gasteiger partial charge is 0.416 e. The number of hydrogen-bond acceptors (Lipinski definition) is 9. The van der Waals surface area contributed by atoms with Crippen molar-refractivity contribution in [3.8, 4) is 11.6 Å². The van der Waals surface area contributed by atoms with Crippen molar-refractivity contribution in [1.82, 2.24) is 24.9 Å². The lowest BCUT2D eigenvalue weighted by molar-refractivity contribution is -0.125. The fourth-order valence-corrected chi connectivity index (χ4v) is 4.08. The van der Waals surface area contributed by atoms with E-state index in [2.05, 4.69) is 15.3 Å². The van der Waals surface area contributed by atoms with Gasteiger partial charge < -0.3 is 9.15 Å². The van der Waals surface area contributed by atoms with Crippen LogP contribution >= 0.6 is 11.8 Å². The van der Waals surface area contributed by atoms with Gasteiger partial charge in [0.25, 0.3) is 16.7 Å². The van der Waals surface area contributed by atoms with Gasteiger partial charge in [-0.3, -0.25) is 9.59 Å². The lowest BCUT2D eigenvalue weighted by Gasteiger charge is -2.09. The van der Waals surface area contributed by atoms with E-state index in [1.807, 2.05) is 30.3 Å². The van der Waals surface area contributed by atoms with E-state index in [0.29, 0.717) is 16.5 Å². The fraction of sp³-hybridized carbons (Fsp3) is 0.182. The highest BCUT2D eigenvalue weighted by Crippen LogP contribution is 2.27. The van der Waals surface area contributed by atoms with Crippen molar-refractivity contribution in [2.45, 2.75) is 11.8 Å². The van der Waals surface area contributed by atoms with Gasteiger partial charge in [0, 0.05) is 5.39 Å². The van der Waals surface area contributed by atoms with E-state index in [1.165, 1.54) is 4.68 Å². The number of amides is 2. The summed E-state index contributed by atoms with van der Waals surface area (Å²) in [6, 6.07) is 16.6. The van der Waals surface area contributed by atoms with Crippen LogP contribution in [-0.2, 0) is 16.1 Å². The molecular weight excluding hydrogens is 446 g/mol. The van der Waals surface area contributed by atoms with Crippen LogP contribution in [0.4, 0.5) is 4.79 Å². The molecule has 1 saturated heterocycles. The van der Waals surface area contributed by atoms with E-state index in [4.69, 9.17) is 9.15 Å². The molecule has 1 aliphatic heterocycles. The zero-order chi connectivity index (χ0) is 22.8. The number of benzene rings is 2. The fourth-order valence-electron chi connectivity index (χ4n) is 3.44. The maximum atomic E-state index is 13.0. The van der Waals surface area contributed by atoms with Crippen LogP contribution in [0.1, 0.15) is 5.56 Å². The minimum absolute atomic E-state index is 0.0571. The van der Waals surface area contributed by atoms with E-state index >= 15 is 0 Å². The molecule has 5 rings (SSSR count). The second-order valence-corrected chi connectivity index (χ2v) is 8.09. The lowest BCUT2D eigenvalue weighted by Crippen LogP contribution is -2.32. The summed E-state index contributed by atoms with van der Waals surface area (Å²) in [4.78, 5) is 37.8. The van der Waals surface area contributed by atoms with Crippen molar-refractivity contribution in [2.24, 2.45) is 0 Å². The molecule has 2 aromatic heterocycles. The lowest BCUT2D eigenvalue weighted by atomic mass is 10.1. The van der Waals surface area contributed by atoms with Crippen molar-refractivity contribution in [1.29, 1.82) is 0 Å². The average Bonchev–Trinajstić information content (AvgIpc) is 3.49. The van der Waals surface area contributed by atoms with Gasteiger partial charge >= 0.3 is 6.09 Å². The number of hydrogen-bond donors (Lipinski definition) is 0. The van der Waals surface area contributed by atoms with Crippen LogP contribution in [0.5, 0.6) is 0 Å². The van der Waals surface area contributed by atoms with Crippen LogP contribution in [0, 0.1) is 0 Å². The van der Waals surface area contributed by atoms with Gasteiger partial charge in [0.05, 0.1) is 24.2 Å².